The third-order valence-electron chi connectivity index (χ3n) is 2.73. The van der Waals surface area contributed by atoms with Gasteiger partial charge in [0.25, 0.3) is 0 Å². The molecule has 1 aromatic rings. The molecule has 0 saturated heterocycles. The van der Waals surface area contributed by atoms with Crippen LogP contribution in [0, 0.1) is 10.1 Å². The van der Waals surface area contributed by atoms with Crippen LogP contribution in [-0.2, 0) is 4.74 Å². The molecule has 1 amide bonds. The molecule has 0 unspecified atom stereocenters. The summed E-state index contributed by atoms with van der Waals surface area (Å²) in [7, 11) is 1.39. The number of nitrogens with one attached hydrogen (secondary N) is 2. The molecule has 0 aliphatic heterocycles. The fraction of sp³-hybridized carbons (Fsp3) is 0.533. The lowest BCUT2D eigenvalue weighted by Crippen LogP contribution is -2.33. The van der Waals surface area contributed by atoms with Crippen molar-refractivity contribution in [2.24, 2.45) is 0 Å². The summed E-state index contributed by atoms with van der Waals surface area (Å²) < 4.78 is 10.1. The number of nitro groups is 1. The zero-order chi connectivity index (χ0) is 17.5. The fourth-order valence-electron chi connectivity index (χ4n) is 1.76. The maximum atomic E-state index is 11.4. The van der Waals surface area contributed by atoms with Gasteiger partial charge >= 0.3 is 11.8 Å². The molecule has 1 rings (SSSR count). The lowest BCUT2D eigenvalue weighted by Gasteiger charge is -2.19. The van der Waals surface area contributed by atoms with Crippen LogP contribution in [0.15, 0.2) is 18.2 Å². The average molecular weight is 325 g/mol. The van der Waals surface area contributed by atoms with Crippen LogP contribution < -0.4 is 15.4 Å². The standard InChI is InChI=1S/C15H23N3O5/c1-15(2,3)23-14(19)17-9-5-8-16-11-6-7-12(18(20)21)13(10-11)22-4/h6-7,10,16H,5,8-9H2,1-4H3,(H,17,19). The molecular weight excluding hydrogens is 302 g/mol. The van der Waals surface area contributed by atoms with E-state index in [1.807, 2.05) is 0 Å². The Bertz CT molecular complexity index is 555. The van der Waals surface area contributed by atoms with Gasteiger partial charge in [-0.15, -0.1) is 0 Å². The van der Waals surface area contributed by atoms with Crippen molar-refractivity contribution < 1.29 is 19.2 Å². The molecule has 1 aromatic carbocycles. The summed E-state index contributed by atoms with van der Waals surface area (Å²) in [6, 6.07) is 4.57. The van der Waals surface area contributed by atoms with E-state index < -0.39 is 16.6 Å². The first-order valence-corrected chi connectivity index (χ1v) is 7.26. The highest BCUT2D eigenvalue weighted by Crippen LogP contribution is 2.29. The molecular formula is C15H23N3O5. The van der Waals surface area contributed by atoms with Gasteiger partial charge < -0.3 is 20.1 Å². The second-order valence-electron chi connectivity index (χ2n) is 5.85. The van der Waals surface area contributed by atoms with Crippen molar-refractivity contribution in [1.82, 2.24) is 5.32 Å². The van der Waals surface area contributed by atoms with Crippen LogP contribution in [0.5, 0.6) is 5.75 Å². The van der Waals surface area contributed by atoms with Gasteiger partial charge in [-0.3, -0.25) is 10.1 Å². The fourth-order valence-corrected chi connectivity index (χ4v) is 1.76. The molecule has 0 saturated carbocycles. The third-order valence-corrected chi connectivity index (χ3v) is 2.73. The van der Waals surface area contributed by atoms with Gasteiger partial charge in [0, 0.05) is 30.9 Å². The van der Waals surface area contributed by atoms with Crippen molar-refractivity contribution in [3.05, 3.63) is 28.3 Å². The third kappa shape index (κ3) is 6.86. The van der Waals surface area contributed by atoms with Crippen molar-refractivity contribution in [2.75, 3.05) is 25.5 Å². The number of rotatable bonds is 7. The minimum absolute atomic E-state index is 0.0790. The largest absolute Gasteiger partial charge is 0.490 e. The first-order valence-electron chi connectivity index (χ1n) is 7.26. The van der Waals surface area contributed by atoms with Crippen molar-refractivity contribution in [3.63, 3.8) is 0 Å². The van der Waals surface area contributed by atoms with Gasteiger partial charge in [-0.2, -0.15) is 0 Å². The van der Waals surface area contributed by atoms with Crippen LogP contribution >= 0.6 is 0 Å². The highest BCUT2D eigenvalue weighted by molar-refractivity contribution is 5.67. The molecule has 23 heavy (non-hydrogen) atoms. The highest BCUT2D eigenvalue weighted by atomic mass is 16.6. The van der Waals surface area contributed by atoms with Gasteiger partial charge in [0.05, 0.1) is 12.0 Å². The van der Waals surface area contributed by atoms with Gasteiger partial charge in [0.2, 0.25) is 0 Å². The molecule has 0 bridgehead atoms. The molecule has 0 fully saturated rings. The number of benzene rings is 1. The Morgan fingerprint density at radius 3 is 2.57 bits per heavy atom. The van der Waals surface area contributed by atoms with Crippen molar-refractivity contribution in [1.29, 1.82) is 0 Å². The second-order valence-corrected chi connectivity index (χ2v) is 5.85. The Hall–Kier alpha value is -2.51. The van der Waals surface area contributed by atoms with E-state index in [0.717, 1.165) is 0 Å². The Labute approximate surface area is 135 Å². The smallest absolute Gasteiger partial charge is 0.407 e. The summed E-state index contributed by atoms with van der Waals surface area (Å²) in [6.45, 7) is 6.46. The monoisotopic (exact) mass is 325 g/mol. The van der Waals surface area contributed by atoms with E-state index in [9.17, 15) is 14.9 Å². The minimum Gasteiger partial charge on any atom is -0.490 e. The summed E-state index contributed by atoms with van der Waals surface area (Å²) >= 11 is 0. The van der Waals surface area contributed by atoms with Crippen LogP contribution in [0.2, 0.25) is 0 Å². The lowest BCUT2D eigenvalue weighted by atomic mass is 10.2. The number of amides is 1. The number of ether oxygens (including phenoxy) is 2. The normalized spacial score (nSPS) is 10.8. The maximum Gasteiger partial charge on any atom is 0.407 e. The average Bonchev–Trinajstić information content (AvgIpc) is 2.44. The number of anilines is 1. The molecule has 128 valence electrons. The van der Waals surface area contributed by atoms with Crippen LogP contribution in [0.1, 0.15) is 27.2 Å². The molecule has 8 heteroatoms. The zero-order valence-corrected chi connectivity index (χ0v) is 13.8. The summed E-state index contributed by atoms with van der Waals surface area (Å²) in [5.74, 6) is 0.201. The Balaban J connectivity index is 2.36. The Morgan fingerprint density at radius 1 is 1.30 bits per heavy atom. The van der Waals surface area contributed by atoms with Gasteiger partial charge in [-0.25, -0.2) is 4.79 Å². The Kier molecular flexibility index (Phi) is 6.62. The van der Waals surface area contributed by atoms with Crippen molar-refractivity contribution in [3.8, 4) is 5.75 Å². The number of carbonyl (C=O) groups is 1. The lowest BCUT2D eigenvalue weighted by molar-refractivity contribution is -0.385. The highest BCUT2D eigenvalue weighted by Gasteiger charge is 2.16. The first kappa shape index (κ1) is 18.5. The van der Waals surface area contributed by atoms with Crippen molar-refractivity contribution in [2.45, 2.75) is 32.8 Å². The second kappa shape index (κ2) is 8.21. The molecule has 0 aromatic heterocycles. The van der Waals surface area contributed by atoms with E-state index in [1.165, 1.54) is 13.2 Å². The number of carbonyl (C=O) groups excluding carboxylic acids is 1. The van der Waals surface area contributed by atoms with Crippen LogP contribution in [-0.4, -0.2) is 36.8 Å². The number of methoxy groups -OCH3 is 1. The molecule has 0 spiro atoms. The van der Waals surface area contributed by atoms with Crippen LogP contribution in [0.25, 0.3) is 0 Å². The van der Waals surface area contributed by atoms with E-state index in [-0.39, 0.29) is 11.4 Å². The topological polar surface area (TPSA) is 103 Å². The van der Waals surface area contributed by atoms with E-state index in [4.69, 9.17) is 9.47 Å². The predicted octanol–water partition coefficient (Wildman–Crippen LogP) is 2.93. The summed E-state index contributed by atoms with van der Waals surface area (Å²) in [6.07, 6.45) is 0.230. The molecule has 0 atom stereocenters. The van der Waals surface area contributed by atoms with Gasteiger partial charge in [0.1, 0.15) is 5.60 Å². The van der Waals surface area contributed by atoms with E-state index in [1.54, 1.807) is 32.9 Å². The molecule has 0 aliphatic rings. The van der Waals surface area contributed by atoms with E-state index >= 15 is 0 Å². The SMILES string of the molecule is COc1cc(NCCCNC(=O)OC(C)(C)C)ccc1[N+](=O)[O-]. The number of hydrogen-bond donors (Lipinski definition) is 2. The van der Waals surface area contributed by atoms with Crippen molar-refractivity contribution >= 4 is 17.5 Å². The summed E-state index contributed by atoms with van der Waals surface area (Å²) in [4.78, 5) is 21.8. The summed E-state index contributed by atoms with van der Waals surface area (Å²) in [5.41, 5.74) is 0.117. The molecule has 0 heterocycles. The quantitative estimate of drug-likeness (QED) is 0.454. The molecule has 2 N–H and O–H groups in total. The predicted molar refractivity (Wildman–Crippen MR) is 87.0 cm³/mol. The van der Waals surface area contributed by atoms with E-state index in [2.05, 4.69) is 10.6 Å². The summed E-state index contributed by atoms with van der Waals surface area (Å²) in [5, 5.41) is 16.6. The van der Waals surface area contributed by atoms with Gasteiger partial charge in [-0.1, -0.05) is 0 Å². The van der Waals surface area contributed by atoms with Gasteiger partial charge in [-0.05, 0) is 33.3 Å². The Morgan fingerprint density at radius 2 is 2.00 bits per heavy atom. The molecule has 8 nitrogen and oxygen atoms in total. The number of hydrogen-bond acceptors (Lipinski definition) is 6. The van der Waals surface area contributed by atoms with Crippen LogP contribution in [0.4, 0.5) is 16.2 Å². The zero-order valence-electron chi connectivity index (χ0n) is 13.8. The van der Waals surface area contributed by atoms with E-state index in [0.29, 0.717) is 25.2 Å². The molecule has 0 aliphatic carbocycles. The minimum atomic E-state index is -0.516. The van der Waals surface area contributed by atoms with Gasteiger partial charge in [0.15, 0.2) is 5.75 Å². The molecule has 0 radical (unpaired) electrons. The number of nitro benzene ring substituents is 1. The van der Waals surface area contributed by atoms with Crippen LogP contribution in [0.3, 0.4) is 0 Å². The first-order chi connectivity index (χ1) is 10.7. The number of alkyl carbamates (subject to hydrolysis) is 1. The maximum absolute atomic E-state index is 11.4. The number of nitrogens with zero attached hydrogens (tertiary/aromatic N) is 1.